The average Bonchev–Trinajstić information content (AvgIpc) is 3.22. The minimum absolute atomic E-state index is 0.118. The highest BCUT2D eigenvalue weighted by atomic mass is 16.6. The number of carbonyl (C=O) groups is 1. The number of ether oxygens (including phenoxy) is 1. The molecule has 0 radical (unpaired) electrons. The molecule has 1 atom stereocenters. The van der Waals surface area contributed by atoms with Crippen LogP contribution in [-0.4, -0.2) is 31.1 Å². The van der Waals surface area contributed by atoms with Gasteiger partial charge in [0.05, 0.1) is 11.7 Å². The number of nitrogens with zero attached hydrogens (tertiary/aromatic N) is 5. The Hall–Kier alpha value is -3.03. The minimum atomic E-state index is -0.810. The third-order valence-corrected chi connectivity index (χ3v) is 3.48. The molecule has 8 nitrogen and oxygen atoms in total. The Morgan fingerprint density at radius 3 is 2.52 bits per heavy atom. The van der Waals surface area contributed by atoms with Crippen molar-refractivity contribution in [3.05, 3.63) is 59.5 Å². The van der Waals surface area contributed by atoms with Crippen LogP contribution in [0.25, 0.3) is 0 Å². The Morgan fingerprint density at radius 1 is 1.24 bits per heavy atom. The highest BCUT2D eigenvalue weighted by Gasteiger charge is 2.27. The van der Waals surface area contributed by atoms with Gasteiger partial charge in [0.1, 0.15) is 0 Å². The molecule has 0 aliphatic heterocycles. The smallest absolute Gasteiger partial charge is 0.361 e. The Morgan fingerprint density at radius 2 is 1.96 bits per heavy atom. The van der Waals surface area contributed by atoms with Crippen molar-refractivity contribution in [3.8, 4) is 0 Å². The second-order valence-corrected chi connectivity index (χ2v) is 6.60. The second kappa shape index (κ2) is 6.46. The maximum atomic E-state index is 12.5. The van der Waals surface area contributed by atoms with E-state index in [1.807, 2.05) is 51.1 Å². The molecule has 130 valence electrons. The van der Waals surface area contributed by atoms with Gasteiger partial charge in [0, 0.05) is 5.56 Å². The van der Waals surface area contributed by atoms with Crippen LogP contribution in [0.2, 0.25) is 0 Å². The Labute approximate surface area is 144 Å². The summed E-state index contributed by atoms with van der Waals surface area (Å²) in [7, 11) is 0. The van der Waals surface area contributed by atoms with Crippen molar-refractivity contribution >= 4 is 5.97 Å². The van der Waals surface area contributed by atoms with Crippen molar-refractivity contribution in [3.63, 3.8) is 0 Å². The first-order valence-electron chi connectivity index (χ1n) is 7.83. The zero-order valence-electron chi connectivity index (χ0n) is 14.5. The predicted molar refractivity (Wildman–Crippen MR) is 87.8 cm³/mol. The summed E-state index contributed by atoms with van der Waals surface area (Å²) in [5, 5.41) is 11.6. The number of aryl methyl sites for hydroxylation is 1. The van der Waals surface area contributed by atoms with Crippen LogP contribution in [0, 0.1) is 6.92 Å². The van der Waals surface area contributed by atoms with Gasteiger partial charge in [-0.3, -0.25) is 0 Å². The van der Waals surface area contributed by atoms with E-state index < -0.39 is 12.1 Å². The van der Waals surface area contributed by atoms with Gasteiger partial charge >= 0.3 is 5.97 Å². The summed E-state index contributed by atoms with van der Waals surface area (Å²) in [5.41, 5.74) is 0.559. The quantitative estimate of drug-likeness (QED) is 0.673. The number of aromatic nitrogens is 5. The third kappa shape index (κ3) is 3.73. The molecule has 0 N–H and O–H groups in total. The highest BCUT2D eigenvalue weighted by Crippen LogP contribution is 2.26. The van der Waals surface area contributed by atoms with Gasteiger partial charge in [-0.15, -0.1) is 5.10 Å². The van der Waals surface area contributed by atoms with Crippen molar-refractivity contribution in [2.75, 3.05) is 0 Å². The number of rotatable bonds is 4. The van der Waals surface area contributed by atoms with E-state index in [0.29, 0.717) is 5.82 Å². The molecule has 2 aromatic heterocycles. The number of benzene rings is 1. The largest absolute Gasteiger partial charge is 0.442 e. The Kier molecular flexibility index (Phi) is 4.35. The summed E-state index contributed by atoms with van der Waals surface area (Å²) in [6.45, 7) is 7.59. The summed E-state index contributed by atoms with van der Waals surface area (Å²) in [6.07, 6.45) is 0.749. The summed E-state index contributed by atoms with van der Waals surface area (Å²) >= 11 is 0. The van der Waals surface area contributed by atoms with E-state index in [-0.39, 0.29) is 17.1 Å². The van der Waals surface area contributed by atoms with Gasteiger partial charge in [-0.05, 0) is 27.7 Å². The lowest BCUT2D eigenvalue weighted by molar-refractivity contribution is 0.0307. The van der Waals surface area contributed by atoms with Crippen LogP contribution in [0.4, 0.5) is 0 Å². The molecule has 0 amide bonds. The van der Waals surface area contributed by atoms with Crippen molar-refractivity contribution in [1.82, 2.24) is 25.1 Å². The first-order chi connectivity index (χ1) is 11.8. The van der Waals surface area contributed by atoms with Crippen molar-refractivity contribution < 1.29 is 14.1 Å². The topological polar surface area (TPSA) is 95.9 Å². The van der Waals surface area contributed by atoms with Crippen LogP contribution in [0.1, 0.15) is 54.6 Å². The van der Waals surface area contributed by atoms with Crippen molar-refractivity contribution in [1.29, 1.82) is 0 Å². The van der Waals surface area contributed by atoms with Gasteiger partial charge in [0.25, 0.3) is 5.89 Å². The molecule has 8 heteroatoms. The molecule has 0 unspecified atom stereocenters. The van der Waals surface area contributed by atoms with Gasteiger partial charge in [0.15, 0.2) is 11.5 Å². The van der Waals surface area contributed by atoms with Crippen LogP contribution in [-0.2, 0) is 10.3 Å². The fourth-order valence-electron chi connectivity index (χ4n) is 2.16. The van der Waals surface area contributed by atoms with Crippen LogP contribution in [0.3, 0.4) is 0 Å². The van der Waals surface area contributed by atoms with Gasteiger partial charge < -0.3 is 9.26 Å². The summed E-state index contributed by atoms with van der Waals surface area (Å²) in [4.78, 5) is 16.7. The molecule has 3 aromatic rings. The number of hydrogen-bond acceptors (Lipinski definition) is 7. The molecule has 0 fully saturated rings. The lowest BCUT2D eigenvalue weighted by atomic mass is 10.1. The van der Waals surface area contributed by atoms with E-state index in [4.69, 9.17) is 9.26 Å². The first kappa shape index (κ1) is 16.8. The molecule has 0 aliphatic rings. The van der Waals surface area contributed by atoms with Crippen molar-refractivity contribution in [2.24, 2.45) is 0 Å². The van der Waals surface area contributed by atoms with E-state index in [9.17, 15) is 4.79 Å². The highest BCUT2D eigenvalue weighted by molar-refractivity contribution is 5.87. The molecule has 3 rings (SSSR count). The molecule has 0 spiro atoms. The zero-order chi connectivity index (χ0) is 18.0. The van der Waals surface area contributed by atoms with Gasteiger partial charge in [-0.25, -0.2) is 9.48 Å². The summed E-state index contributed by atoms with van der Waals surface area (Å²) in [5.74, 6) is 0.0612. The van der Waals surface area contributed by atoms with Gasteiger partial charge in [-0.1, -0.05) is 40.7 Å². The second-order valence-electron chi connectivity index (χ2n) is 6.60. The Balaban J connectivity index is 1.88. The van der Waals surface area contributed by atoms with Crippen LogP contribution >= 0.6 is 0 Å². The SMILES string of the molecule is Cc1noc([C@H](OC(=O)c2cn(C(C)(C)C)nn2)c2ccccc2)n1. The van der Waals surface area contributed by atoms with Crippen LogP contribution in [0.5, 0.6) is 0 Å². The lowest BCUT2D eigenvalue weighted by Gasteiger charge is -2.17. The number of esters is 1. The molecule has 0 aliphatic carbocycles. The molecule has 0 saturated carbocycles. The van der Waals surface area contributed by atoms with Gasteiger partial charge in [-0.2, -0.15) is 4.98 Å². The predicted octanol–water partition coefficient (Wildman–Crippen LogP) is 2.67. The van der Waals surface area contributed by atoms with Crippen LogP contribution in [0.15, 0.2) is 41.1 Å². The average molecular weight is 341 g/mol. The lowest BCUT2D eigenvalue weighted by Crippen LogP contribution is -2.22. The number of hydrogen-bond donors (Lipinski definition) is 0. The minimum Gasteiger partial charge on any atom is -0.442 e. The van der Waals surface area contributed by atoms with Crippen LogP contribution < -0.4 is 0 Å². The third-order valence-electron chi connectivity index (χ3n) is 3.48. The van der Waals surface area contributed by atoms with Crippen molar-refractivity contribution in [2.45, 2.75) is 39.3 Å². The Bertz CT molecular complexity index is 864. The fraction of sp³-hybridized carbons (Fsp3) is 0.353. The van der Waals surface area contributed by atoms with E-state index in [1.54, 1.807) is 17.8 Å². The molecular weight excluding hydrogens is 322 g/mol. The molecule has 25 heavy (non-hydrogen) atoms. The molecule has 1 aromatic carbocycles. The molecule has 2 heterocycles. The standard InChI is InChI=1S/C17H19N5O3/c1-11-18-15(25-20-11)14(12-8-6-5-7-9-12)24-16(23)13-10-22(21-19-13)17(2,3)4/h5-10,14H,1-4H3/t14-/m1/s1. The monoisotopic (exact) mass is 341 g/mol. The fourth-order valence-corrected chi connectivity index (χ4v) is 2.16. The van der Waals surface area contributed by atoms with E-state index in [2.05, 4.69) is 20.5 Å². The number of carbonyl (C=O) groups excluding carboxylic acids is 1. The molecule has 0 saturated heterocycles. The van der Waals surface area contributed by atoms with E-state index in [0.717, 1.165) is 5.56 Å². The maximum Gasteiger partial charge on any atom is 0.361 e. The van der Waals surface area contributed by atoms with E-state index >= 15 is 0 Å². The van der Waals surface area contributed by atoms with Gasteiger partial charge in [0.2, 0.25) is 6.10 Å². The van der Waals surface area contributed by atoms with E-state index in [1.165, 1.54) is 0 Å². The normalized spacial score (nSPS) is 12.8. The molecular formula is C17H19N5O3. The first-order valence-corrected chi connectivity index (χ1v) is 7.83. The summed E-state index contributed by atoms with van der Waals surface area (Å²) in [6, 6.07) is 9.20. The zero-order valence-corrected chi connectivity index (χ0v) is 14.5. The summed E-state index contributed by atoms with van der Waals surface area (Å²) < 4.78 is 12.4. The maximum absolute atomic E-state index is 12.5. The molecule has 0 bridgehead atoms.